The van der Waals surface area contributed by atoms with Crippen LogP contribution in [0, 0.1) is 11.3 Å². The van der Waals surface area contributed by atoms with Gasteiger partial charge in [0.05, 0.1) is 23.7 Å². The molecule has 0 aromatic heterocycles. The molecule has 0 fully saturated rings. The second-order valence-corrected chi connectivity index (χ2v) is 4.78. The molecule has 1 aromatic carbocycles. The summed E-state index contributed by atoms with van der Waals surface area (Å²) >= 11 is 5.86. The molecule has 0 saturated heterocycles. The monoisotopic (exact) mass is 336 g/mol. The molecule has 0 aliphatic carbocycles. The quantitative estimate of drug-likeness (QED) is 0.230. The Morgan fingerprint density at radius 2 is 2.22 bits per heavy atom. The SMILES string of the molecule is CCOC(=O)CCN/C=C(/C#N)C(=O)Nc1ccc(N)c(Cl)c1. The van der Waals surface area contributed by atoms with Crippen molar-refractivity contribution in [3.63, 3.8) is 0 Å². The maximum Gasteiger partial charge on any atom is 0.307 e. The van der Waals surface area contributed by atoms with Crippen molar-refractivity contribution >= 4 is 34.9 Å². The highest BCUT2D eigenvalue weighted by atomic mass is 35.5. The summed E-state index contributed by atoms with van der Waals surface area (Å²) in [5, 5.41) is 14.6. The minimum absolute atomic E-state index is 0.137. The number of carbonyl (C=O) groups excluding carboxylic acids is 2. The number of anilines is 2. The Bertz CT molecular complexity index is 653. The zero-order valence-corrected chi connectivity index (χ0v) is 13.3. The smallest absolute Gasteiger partial charge is 0.307 e. The molecule has 8 heteroatoms. The average molecular weight is 337 g/mol. The predicted octanol–water partition coefficient (Wildman–Crippen LogP) is 1.81. The molecular formula is C15H17ClN4O3. The van der Waals surface area contributed by atoms with Crippen LogP contribution in [0.15, 0.2) is 30.0 Å². The van der Waals surface area contributed by atoms with Crippen molar-refractivity contribution in [2.24, 2.45) is 0 Å². The lowest BCUT2D eigenvalue weighted by Gasteiger charge is -2.06. The number of rotatable bonds is 7. The van der Waals surface area contributed by atoms with Crippen LogP contribution >= 0.6 is 11.6 Å². The molecule has 0 spiro atoms. The van der Waals surface area contributed by atoms with Crippen LogP contribution in [0.4, 0.5) is 11.4 Å². The second kappa shape index (κ2) is 9.33. The van der Waals surface area contributed by atoms with Crippen LogP contribution in [0.5, 0.6) is 0 Å². The lowest BCUT2D eigenvalue weighted by atomic mass is 10.2. The number of nitrogens with two attached hydrogens (primary N) is 1. The van der Waals surface area contributed by atoms with Gasteiger partial charge in [-0.2, -0.15) is 5.26 Å². The molecule has 4 N–H and O–H groups in total. The van der Waals surface area contributed by atoms with Crippen molar-refractivity contribution in [1.82, 2.24) is 5.32 Å². The molecule has 1 aromatic rings. The van der Waals surface area contributed by atoms with Gasteiger partial charge in [0.1, 0.15) is 11.6 Å². The highest BCUT2D eigenvalue weighted by Gasteiger charge is 2.10. The number of ether oxygens (including phenoxy) is 1. The van der Waals surface area contributed by atoms with E-state index in [9.17, 15) is 9.59 Å². The van der Waals surface area contributed by atoms with Crippen LogP contribution in [0.3, 0.4) is 0 Å². The van der Waals surface area contributed by atoms with Gasteiger partial charge in [0.25, 0.3) is 5.91 Å². The fourth-order valence-electron chi connectivity index (χ4n) is 1.53. The Morgan fingerprint density at radius 1 is 1.48 bits per heavy atom. The fraction of sp³-hybridized carbons (Fsp3) is 0.267. The van der Waals surface area contributed by atoms with Crippen molar-refractivity contribution in [1.29, 1.82) is 5.26 Å². The Hall–Kier alpha value is -2.72. The molecule has 0 unspecified atom stereocenters. The zero-order chi connectivity index (χ0) is 17.2. The molecule has 0 radical (unpaired) electrons. The standard InChI is InChI=1S/C15H17ClN4O3/c1-2-23-14(21)5-6-19-9-10(8-17)15(22)20-11-3-4-13(18)12(16)7-11/h3-4,7,9,19H,2,5-6,18H2,1H3,(H,20,22)/b10-9-. The van der Waals surface area contributed by atoms with Crippen LogP contribution in [0.2, 0.25) is 5.02 Å². The normalized spacial score (nSPS) is 10.6. The van der Waals surface area contributed by atoms with Crippen molar-refractivity contribution < 1.29 is 14.3 Å². The van der Waals surface area contributed by atoms with Crippen LogP contribution in [-0.2, 0) is 14.3 Å². The molecule has 0 bridgehead atoms. The molecular weight excluding hydrogens is 320 g/mol. The first-order chi connectivity index (χ1) is 11.0. The zero-order valence-electron chi connectivity index (χ0n) is 12.6. The van der Waals surface area contributed by atoms with E-state index in [0.717, 1.165) is 0 Å². The van der Waals surface area contributed by atoms with E-state index in [1.54, 1.807) is 25.1 Å². The van der Waals surface area contributed by atoms with Gasteiger partial charge in [-0.3, -0.25) is 9.59 Å². The highest BCUT2D eigenvalue weighted by molar-refractivity contribution is 6.33. The van der Waals surface area contributed by atoms with Gasteiger partial charge in [-0.1, -0.05) is 11.6 Å². The summed E-state index contributed by atoms with van der Waals surface area (Å²) in [6.07, 6.45) is 1.38. The Morgan fingerprint density at radius 3 is 2.83 bits per heavy atom. The summed E-state index contributed by atoms with van der Waals surface area (Å²) in [5.74, 6) is -0.954. The van der Waals surface area contributed by atoms with Gasteiger partial charge >= 0.3 is 5.97 Å². The van der Waals surface area contributed by atoms with E-state index in [-0.39, 0.29) is 24.5 Å². The number of nitrogens with one attached hydrogen (secondary N) is 2. The Labute approximate surface area is 139 Å². The van der Waals surface area contributed by atoms with E-state index in [4.69, 9.17) is 27.3 Å². The third-order valence-corrected chi connectivity index (χ3v) is 2.98. The summed E-state index contributed by atoms with van der Waals surface area (Å²) in [4.78, 5) is 23.1. The average Bonchev–Trinajstić information content (AvgIpc) is 2.51. The third-order valence-electron chi connectivity index (χ3n) is 2.65. The molecule has 122 valence electrons. The van der Waals surface area contributed by atoms with Crippen molar-refractivity contribution in [3.05, 3.63) is 35.0 Å². The van der Waals surface area contributed by atoms with Crippen LogP contribution in [0.1, 0.15) is 13.3 Å². The summed E-state index contributed by atoms with van der Waals surface area (Å²) in [5.41, 5.74) is 6.25. The summed E-state index contributed by atoms with van der Waals surface area (Å²) < 4.78 is 4.76. The molecule has 23 heavy (non-hydrogen) atoms. The number of esters is 1. The molecule has 0 aliphatic heterocycles. The lowest BCUT2D eigenvalue weighted by molar-refractivity contribution is -0.142. The fourth-order valence-corrected chi connectivity index (χ4v) is 1.71. The number of hydrogen-bond acceptors (Lipinski definition) is 6. The Balaban J connectivity index is 2.57. The topological polar surface area (TPSA) is 117 Å². The summed E-state index contributed by atoms with van der Waals surface area (Å²) in [7, 11) is 0. The van der Waals surface area contributed by atoms with Gasteiger partial charge in [0.15, 0.2) is 0 Å². The molecule has 7 nitrogen and oxygen atoms in total. The maximum absolute atomic E-state index is 12.0. The minimum atomic E-state index is -0.600. The number of nitrogen functional groups attached to an aromatic ring is 1. The number of benzene rings is 1. The third kappa shape index (κ3) is 6.28. The van der Waals surface area contributed by atoms with E-state index in [2.05, 4.69) is 10.6 Å². The first-order valence-electron chi connectivity index (χ1n) is 6.83. The molecule has 0 saturated carbocycles. The summed E-state index contributed by atoms with van der Waals surface area (Å²) in [6, 6.07) is 6.38. The van der Waals surface area contributed by atoms with Gasteiger partial charge in [-0.15, -0.1) is 0 Å². The number of nitriles is 1. The number of nitrogens with zero attached hydrogens (tertiary/aromatic N) is 1. The molecule has 0 atom stereocenters. The first kappa shape index (κ1) is 18.3. The minimum Gasteiger partial charge on any atom is -0.466 e. The van der Waals surface area contributed by atoms with E-state index < -0.39 is 5.91 Å². The highest BCUT2D eigenvalue weighted by Crippen LogP contribution is 2.22. The van der Waals surface area contributed by atoms with Crippen LogP contribution in [-0.4, -0.2) is 25.0 Å². The van der Waals surface area contributed by atoms with Crippen LogP contribution in [0.25, 0.3) is 0 Å². The van der Waals surface area contributed by atoms with Crippen molar-refractivity contribution in [2.45, 2.75) is 13.3 Å². The van der Waals surface area contributed by atoms with Crippen molar-refractivity contribution in [2.75, 3.05) is 24.2 Å². The number of halogens is 1. The number of hydrogen-bond donors (Lipinski definition) is 3. The van der Waals surface area contributed by atoms with E-state index in [0.29, 0.717) is 23.0 Å². The van der Waals surface area contributed by atoms with Gasteiger partial charge in [-0.25, -0.2) is 0 Å². The van der Waals surface area contributed by atoms with E-state index >= 15 is 0 Å². The largest absolute Gasteiger partial charge is 0.466 e. The molecule has 0 aliphatic rings. The lowest BCUT2D eigenvalue weighted by Crippen LogP contribution is -2.19. The predicted molar refractivity (Wildman–Crippen MR) is 87.4 cm³/mol. The molecule has 0 heterocycles. The number of carbonyl (C=O) groups is 2. The van der Waals surface area contributed by atoms with Gasteiger partial charge in [0.2, 0.25) is 0 Å². The number of amides is 1. The first-order valence-corrected chi connectivity index (χ1v) is 7.21. The summed E-state index contributed by atoms with van der Waals surface area (Å²) in [6.45, 7) is 2.28. The van der Waals surface area contributed by atoms with E-state index in [1.807, 2.05) is 0 Å². The maximum atomic E-state index is 12.0. The molecule has 1 rings (SSSR count). The Kier molecular flexibility index (Phi) is 7.43. The van der Waals surface area contributed by atoms with Gasteiger partial charge in [-0.05, 0) is 25.1 Å². The van der Waals surface area contributed by atoms with Gasteiger partial charge in [0, 0.05) is 18.4 Å². The van der Waals surface area contributed by atoms with E-state index in [1.165, 1.54) is 12.3 Å². The second-order valence-electron chi connectivity index (χ2n) is 4.37. The van der Waals surface area contributed by atoms with Crippen LogP contribution < -0.4 is 16.4 Å². The van der Waals surface area contributed by atoms with Gasteiger partial charge < -0.3 is 21.1 Å². The van der Waals surface area contributed by atoms with Crippen molar-refractivity contribution in [3.8, 4) is 6.07 Å². The molecule has 1 amide bonds.